The van der Waals surface area contributed by atoms with Crippen LogP contribution in [0.4, 0.5) is 0 Å². The van der Waals surface area contributed by atoms with Gasteiger partial charge in [-0.25, -0.2) is 4.42 Å². The maximum absolute atomic E-state index is 13.1. The van der Waals surface area contributed by atoms with E-state index in [1.165, 1.54) is 6.07 Å². The first-order chi connectivity index (χ1) is 12.0. The van der Waals surface area contributed by atoms with Crippen LogP contribution in [-0.4, -0.2) is 16.5 Å². The molecular formula is C20H17O5+. The van der Waals surface area contributed by atoms with Crippen LogP contribution in [0, 0.1) is 0 Å². The average Bonchev–Trinajstić information content (AvgIpc) is 3.02. The van der Waals surface area contributed by atoms with Crippen molar-refractivity contribution < 1.29 is 19.1 Å². The van der Waals surface area contributed by atoms with E-state index in [2.05, 4.69) is 0 Å². The SMILES string of the molecule is CC(C)=CCc1c(O)cc(O)c2c(=O)c3c4c(ccc3oc12)[O+]=CC4. The molecule has 1 aliphatic rings. The molecule has 0 saturated carbocycles. The van der Waals surface area contributed by atoms with Gasteiger partial charge in [0.05, 0.1) is 17.4 Å². The van der Waals surface area contributed by atoms with Crippen LogP contribution in [0.3, 0.4) is 0 Å². The molecule has 5 nitrogen and oxygen atoms in total. The summed E-state index contributed by atoms with van der Waals surface area (Å²) in [5, 5.41) is 21.0. The predicted octanol–water partition coefficient (Wildman–Crippen LogP) is 3.87. The minimum atomic E-state index is -0.317. The summed E-state index contributed by atoms with van der Waals surface area (Å²) < 4.78 is 11.4. The van der Waals surface area contributed by atoms with E-state index in [0.29, 0.717) is 35.1 Å². The highest BCUT2D eigenvalue weighted by molar-refractivity contribution is 5.98. The van der Waals surface area contributed by atoms with E-state index >= 15 is 0 Å². The zero-order valence-corrected chi connectivity index (χ0v) is 13.9. The Morgan fingerprint density at radius 2 is 2.04 bits per heavy atom. The molecule has 1 aliphatic heterocycles. The number of aromatic hydroxyl groups is 2. The van der Waals surface area contributed by atoms with Crippen molar-refractivity contribution >= 4 is 28.2 Å². The van der Waals surface area contributed by atoms with Gasteiger partial charge >= 0.3 is 5.75 Å². The summed E-state index contributed by atoms with van der Waals surface area (Å²) in [6.45, 7) is 3.90. The fraction of sp³-hybridized carbons (Fsp3) is 0.200. The smallest absolute Gasteiger partial charge is 0.356 e. The van der Waals surface area contributed by atoms with Gasteiger partial charge < -0.3 is 14.6 Å². The highest BCUT2D eigenvalue weighted by atomic mass is 16.4. The molecule has 0 unspecified atom stereocenters. The van der Waals surface area contributed by atoms with E-state index in [9.17, 15) is 15.0 Å². The number of hydrogen-bond donors (Lipinski definition) is 2. The molecule has 25 heavy (non-hydrogen) atoms. The Morgan fingerprint density at radius 1 is 1.24 bits per heavy atom. The highest BCUT2D eigenvalue weighted by Crippen LogP contribution is 2.37. The minimum absolute atomic E-state index is 0.0859. The minimum Gasteiger partial charge on any atom is -0.507 e. The van der Waals surface area contributed by atoms with E-state index in [1.54, 1.807) is 18.4 Å². The Hall–Kier alpha value is -3.08. The van der Waals surface area contributed by atoms with Crippen molar-refractivity contribution in [1.29, 1.82) is 0 Å². The summed E-state index contributed by atoms with van der Waals surface area (Å²) in [7, 11) is 0. The van der Waals surface area contributed by atoms with Crippen molar-refractivity contribution in [3.05, 3.63) is 51.2 Å². The molecule has 5 heteroatoms. The van der Waals surface area contributed by atoms with Crippen LogP contribution in [0.15, 0.2) is 39.1 Å². The molecule has 0 aliphatic carbocycles. The maximum atomic E-state index is 13.1. The largest absolute Gasteiger partial charge is 0.507 e. The molecule has 0 amide bonds. The lowest BCUT2D eigenvalue weighted by atomic mass is 10.0. The Morgan fingerprint density at radius 3 is 2.80 bits per heavy atom. The third-order valence-corrected chi connectivity index (χ3v) is 4.45. The van der Waals surface area contributed by atoms with Crippen molar-refractivity contribution in [2.24, 2.45) is 0 Å². The normalized spacial score (nSPS) is 12.7. The first-order valence-corrected chi connectivity index (χ1v) is 8.05. The molecule has 2 heterocycles. The summed E-state index contributed by atoms with van der Waals surface area (Å²) in [5.74, 6) is 0.245. The Kier molecular flexibility index (Phi) is 3.39. The molecular weight excluding hydrogens is 320 g/mol. The van der Waals surface area contributed by atoms with Crippen molar-refractivity contribution in [3.8, 4) is 17.2 Å². The van der Waals surface area contributed by atoms with Crippen LogP contribution in [-0.2, 0) is 17.3 Å². The van der Waals surface area contributed by atoms with Gasteiger partial charge in [0.2, 0.25) is 5.43 Å². The van der Waals surface area contributed by atoms with E-state index in [-0.39, 0.29) is 27.9 Å². The summed E-state index contributed by atoms with van der Waals surface area (Å²) in [6.07, 6.45) is 4.47. The number of fused-ring (bicyclic) bond motifs is 4. The predicted molar refractivity (Wildman–Crippen MR) is 95.7 cm³/mol. The quantitative estimate of drug-likeness (QED) is 0.322. The van der Waals surface area contributed by atoms with Crippen LogP contribution in [0.2, 0.25) is 0 Å². The lowest BCUT2D eigenvalue weighted by Gasteiger charge is -2.10. The Labute approximate surface area is 143 Å². The molecule has 0 atom stereocenters. The summed E-state index contributed by atoms with van der Waals surface area (Å²) in [6, 6.07) is 4.64. The first kappa shape index (κ1) is 15.4. The Balaban J connectivity index is 2.14. The lowest BCUT2D eigenvalue weighted by molar-refractivity contribution is -0.356. The van der Waals surface area contributed by atoms with E-state index in [0.717, 1.165) is 11.1 Å². The molecule has 3 aromatic rings. The van der Waals surface area contributed by atoms with Gasteiger partial charge in [-0.05, 0) is 26.3 Å². The first-order valence-electron chi connectivity index (χ1n) is 8.05. The van der Waals surface area contributed by atoms with E-state index in [4.69, 9.17) is 8.84 Å². The standard InChI is InChI=1S/C20H16O5/c1-10(2)3-4-11-13(21)9-14(22)18-19(23)17-12-7-8-24-15(12)5-6-16(17)25-20(11)18/h3,5-6,8-9H,4,7H2,1-2H3,(H-,21,22,23)/p+1. The van der Waals surface area contributed by atoms with Gasteiger partial charge in [-0.3, -0.25) is 4.79 Å². The summed E-state index contributed by atoms with van der Waals surface area (Å²) >= 11 is 0. The number of aldehydes is 1. The van der Waals surface area contributed by atoms with Gasteiger partial charge in [0.15, 0.2) is 0 Å². The number of phenols is 2. The number of benzene rings is 2. The lowest BCUT2D eigenvalue weighted by Crippen LogP contribution is -2.06. The van der Waals surface area contributed by atoms with Crippen LogP contribution >= 0.6 is 0 Å². The van der Waals surface area contributed by atoms with Crippen LogP contribution in [0.1, 0.15) is 25.0 Å². The Bertz CT molecular complexity index is 1140. The number of hydrogen-bond acceptors (Lipinski definition) is 4. The second-order valence-electron chi connectivity index (χ2n) is 6.42. The third kappa shape index (κ3) is 2.31. The average molecular weight is 337 g/mol. The monoisotopic (exact) mass is 337 g/mol. The van der Waals surface area contributed by atoms with Crippen molar-refractivity contribution in [1.82, 2.24) is 0 Å². The maximum Gasteiger partial charge on any atom is 0.356 e. The van der Waals surface area contributed by atoms with Gasteiger partial charge in [-0.1, -0.05) is 11.6 Å². The molecule has 2 aromatic carbocycles. The fourth-order valence-corrected chi connectivity index (χ4v) is 3.21. The van der Waals surface area contributed by atoms with Crippen LogP contribution in [0.25, 0.3) is 21.9 Å². The molecule has 4 rings (SSSR count). The molecule has 0 spiro atoms. The van der Waals surface area contributed by atoms with Crippen molar-refractivity contribution in [3.63, 3.8) is 0 Å². The van der Waals surface area contributed by atoms with E-state index < -0.39 is 0 Å². The third-order valence-electron chi connectivity index (χ3n) is 4.45. The van der Waals surface area contributed by atoms with Crippen molar-refractivity contribution in [2.45, 2.75) is 26.7 Å². The second-order valence-corrected chi connectivity index (χ2v) is 6.42. The van der Waals surface area contributed by atoms with Crippen molar-refractivity contribution in [2.75, 3.05) is 0 Å². The fourth-order valence-electron chi connectivity index (χ4n) is 3.21. The molecule has 1 aromatic heterocycles. The zero-order chi connectivity index (χ0) is 17.7. The molecule has 0 fully saturated rings. The van der Waals surface area contributed by atoms with Crippen LogP contribution in [0.5, 0.6) is 17.2 Å². The molecule has 2 N–H and O–H groups in total. The number of carbonyl (C=O) groups excluding carboxylic acids is 1. The summed E-state index contributed by atoms with van der Waals surface area (Å²) in [4.78, 5) is 13.1. The molecule has 126 valence electrons. The molecule has 0 saturated heterocycles. The zero-order valence-electron chi connectivity index (χ0n) is 13.9. The number of phenolic OH excluding ortho intramolecular Hbond substituents is 2. The van der Waals surface area contributed by atoms with Crippen LogP contribution < -0.4 is 5.43 Å². The second kappa shape index (κ2) is 5.48. The van der Waals surface area contributed by atoms with Gasteiger partial charge in [0.1, 0.15) is 28.1 Å². The summed E-state index contributed by atoms with van der Waals surface area (Å²) in [5.41, 5.74) is 2.63. The molecule has 0 radical (unpaired) electrons. The number of allylic oxidation sites excluding steroid dienone is 2. The number of rotatable bonds is 2. The molecule has 0 bridgehead atoms. The highest BCUT2D eigenvalue weighted by Gasteiger charge is 2.27. The van der Waals surface area contributed by atoms with Gasteiger partial charge in [-0.2, -0.15) is 0 Å². The van der Waals surface area contributed by atoms with Gasteiger partial charge in [-0.15, -0.1) is 0 Å². The van der Waals surface area contributed by atoms with Gasteiger partial charge in [0.25, 0.3) is 6.29 Å². The topological polar surface area (TPSA) is 82.0 Å². The van der Waals surface area contributed by atoms with E-state index in [1.807, 2.05) is 19.9 Å². The van der Waals surface area contributed by atoms with Gasteiger partial charge in [0, 0.05) is 17.7 Å².